The van der Waals surface area contributed by atoms with Gasteiger partial charge in [0.25, 0.3) is 0 Å². The summed E-state index contributed by atoms with van der Waals surface area (Å²) in [5, 5.41) is 23.0. The van der Waals surface area contributed by atoms with E-state index in [0.717, 1.165) is 30.9 Å². The molecule has 0 saturated carbocycles. The summed E-state index contributed by atoms with van der Waals surface area (Å²) in [5.74, 6) is 0.784. The lowest BCUT2D eigenvalue weighted by molar-refractivity contribution is -0.120. The van der Waals surface area contributed by atoms with E-state index >= 15 is 0 Å². The van der Waals surface area contributed by atoms with E-state index in [1.807, 2.05) is 24.3 Å². The van der Waals surface area contributed by atoms with Gasteiger partial charge in [0.2, 0.25) is 5.91 Å². The van der Waals surface area contributed by atoms with Gasteiger partial charge < -0.3 is 15.7 Å². The molecule has 2 aromatic rings. The van der Waals surface area contributed by atoms with Crippen LogP contribution in [-0.4, -0.2) is 58.9 Å². The van der Waals surface area contributed by atoms with Crippen molar-refractivity contribution in [3.05, 3.63) is 42.0 Å². The van der Waals surface area contributed by atoms with Crippen molar-refractivity contribution in [2.75, 3.05) is 38.1 Å². The third-order valence-corrected chi connectivity index (χ3v) is 4.14. The summed E-state index contributed by atoms with van der Waals surface area (Å²) >= 11 is 0. The molecule has 1 aromatic heterocycles. The summed E-state index contributed by atoms with van der Waals surface area (Å²) in [6, 6.07) is 12.0. The molecule has 0 bridgehead atoms. The smallest absolute Gasteiger partial charge is 0.221 e. The van der Waals surface area contributed by atoms with Crippen LogP contribution in [0.2, 0.25) is 0 Å². The first-order chi connectivity index (χ1) is 12.2. The number of hydrogen-bond acceptors (Lipinski definition) is 6. The average Bonchev–Trinajstić information content (AvgIpc) is 2.85. The molecule has 1 aromatic carbocycles. The van der Waals surface area contributed by atoms with E-state index in [9.17, 15) is 4.79 Å². The van der Waals surface area contributed by atoms with Crippen LogP contribution >= 0.6 is 0 Å². The molecule has 0 unspecified atom stereocenters. The number of aliphatic hydroxyl groups excluding tert-OH is 1. The lowest BCUT2D eigenvalue weighted by Crippen LogP contribution is -2.28. The number of hydrogen-bond donors (Lipinski definition) is 3. The lowest BCUT2D eigenvalue weighted by Gasteiger charge is -2.19. The van der Waals surface area contributed by atoms with E-state index in [1.54, 1.807) is 0 Å². The van der Waals surface area contributed by atoms with Crippen LogP contribution in [-0.2, 0) is 11.3 Å². The molecular weight excluding hydrogens is 318 g/mol. The monoisotopic (exact) mass is 341 g/mol. The lowest BCUT2D eigenvalue weighted by atomic mass is 10.1. The fourth-order valence-corrected chi connectivity index (χ4v) is 2.77. The van der Waals surface area contributed by atoms with Crippen LogP contribution in [0.25, 0.3) is 11.3 Å². The second-order valence-corrected chi connectivity index (χ2v) is 6.03. The van der Waals surface area contributed by atoms with Gasteiger partial charge in [0.05, 0.1) is 12.3 Å². The predicted octanol–water partition coefficient (Wildman–Crippen LogP) is 0.870. The quantitative estimate of drug-likeness (QED) is 0.722. The first-order valence-electron chi connectivity index (χ1n) is 8.51. The van der Waals surface area contributed by atoms with Crippen LogP contribution in [0.5, 0.6) is 0 Å². The highest BCUT2D eigenvalue weighted by Crippen LogP contribution is 2.18. The number of rotatable bonds is 6. The van der Waals surface area contributed by atoms with Crippen LogP contribution in [0.4, 0.5) is 5.82 Å². The van der Waals surface area contributed by atoms with Gasteiger partial charge in [-0.2, -0.15) is 0 Å². The molecule has 132 valence electrons. The maximum atomic E-state index is 11.4. The van der Waals surface area contributed by atoms with Gasteiger partial charge >= 0.3 is 0 Å². The zero-order valence-corrected chi connectivity index (χ0v) is 14.1. The highest BCUT2D eigenvalue weighted by atomic mass is 16.3. The number of benzene rings is 1. The summed E-state index contributed by atoms with van der Waals surface area (Å²) in [4.78, 5) is 13.7. The summed E-state index contributed by atoms with van der Waals surface area (Å²) in [6.45, 7) is 3.74. The van der Waals surface area contributed by atoms with E-state index in [-0.39, 0.29) is 12.5 Å². The van der Waals surface area contributed by atoms with Crippen molar-refractivity contribution in [2.24, 2.45) is 0 Å². The molecule has 7 heteroatoms. The number of amides is 1. The number of carbonyl (C=O) groups excluding carboxylic acids is 1. The van der Waals surface area contributed by atoms with Crippen LogP contribution in [0.3, 0.4) is 0 Å². The Morgan fingerprint density at radius 1 is 1.12 bits per heavy atom. The molecular formula is C18H23N5O2. The Balaban J connectivity index is 1.60. The Bertz CT molecular complexity index is 688. The molecule has 0 radical (unpaired) electrons. The summed E-state index contributed by atoms with van der Waals surface area (Å²) in [7, 11) is 0. The zero-order chi connectivity index (χ0) is 17.5. The van der Waals surface area contributed by atoms with Crippen molar-refractivity contribution in [1.82, 2.24) is 20.4 Å². The van der Waals surface area contributed by atoms with Crippen molar-refractivity contribution < 1.29 is 9.90 Å². The summed E-state index contributed by atoms with van der Waals surface area (Å²) in [5.41, 5.74) is 3.04. The first kappa shape index (κ1) is 17.3. The van der Waals surface area contributed by atoms with Gasteiger partial charge in [-0.15, -0.1) is 10.2 Å². The minimum Gasteiger partial charge on any atom is -0.395 e. The van der Waals surface area contributed by atoms with Crippen molar-refractivity contribution in [3.8, 4) is 11.3 Å². The minimum absolute atomic E-state index is 0.0616. The van der Waals surface area contributed by atoms with Crippen molar-refractivity contribution >= 4 is 11.7 Å². The Morgan fingerprint density at radius 3 is 2.68 bits per heavy atom. The minimum atomic E-state index is 0.0616. The Labute approximate surface area is 147 Å². The SMILES string of the molecule is O=C1CCN(Cc2ccc(-c3ccc(NCCO)nn3)cc2)CCN1. The van der Waals surface area contributed by atoms with E-state index in [4.69, 9.17) is 5.11 Å². The maximum Gasteiger partial charge on any atom is 0.221 e. The molecule has 7 nitrogen and oxygen atoms in total. The highest BCUT2D eigenvalue weighted by Gasteiger charge is 2.13. The number of aromatic nitrogens is 2. The number of anilines is 1. The molecule has 3 N–H and O–H groups in total. The van der Waals surface area contributed by atoms with Crippen molar-refractivity contribution in [2.45, 2.75) is 13.0 Å². The van der Waals surface area contributed by atoms with E-state index in [1.165, 1.54) is 5.56 Å². The molecule has 2 heterocycles. The largest absolute Gasteiger partial charge is 0.395 e. The first-order valence-corrected chi connectivity index (χ1v) is 8.51. The molecule has 1 fully saturated rings. The molecule has 1 saturated heterocycles. The van der Waals surface area contributed by atoms with E-state index < -0.39 is 0 Å². The third kappa shape index (κ3) is 4.98. The van der Waals surface area contributed by atoms with Crippen LogP contribution < -0.4 is 10.6 Å². The fraction of sp³-hybridized carbons (Fsp3) is 0.389. The second-order valence-electron chi connectivity index (χ2n) is 6.03. The molecule has 3 rings (SSSR count). The standard InChI is InChI=1S/C18H23N5O2/c24-12-9-19-17-6-5-16(21-22-17)15-3-1-14(2-4-15)13-23-10-7-18(25)20-8-11-23/h1-6,24H,7-13H2,(H,19,22)(H,20,25). The molecule has 25 heavy (non-hydrogen) atoms. The van der Waals surface area contributed by atoms with E-state index in [2.05, 4.69) is 37.9 Å². The third-order valence-electron chi connectivity index (χ3n) is 4.14. The average molecular weight is 341 g/mol. The van der Waals surface area contributed by atoms with Gasteiger partial charge in [0, 0.05) is 44.7 Å². The van der Waals surface area contributed by atoms with Gasteiger partial charge in [0.1, 0.15) is 5.82 Å². The molecule has 1 aliphatic rings. The molecule has 0 aliphatic carbocycles. The van der Waals surface area contributed by atoms with E-state index in [0.29, 0.717) is 25.3 Å². The van der Waals surface area contributed by atoms with Gasteiger partial charge in [-0.3, -0.25) is 9.69 Å². The highest BCUT2D eigenvalue weighted by molar-refractivity contribution is 5.76. The maximum absolute atomic E-state index is 11.4. The van der Waals surface area contributed by atoms with Crippen LogP contribution in [0.1, 0.15) is 12.0 Å². The predicted molar refractivity (Wildman–Crippen MR) is 95.9 cm³/mol. The topological polar surface area (TPSA) is 90.4 Å². The van der Waals surface area contributed by atoms with Gasteiger partial charge in [-0.1, -0.05) is 24.3 Å². The zero-order valence-electron chi connectivity index (χ0n) is 14.1. The Kier molecular flexibility index (Phi) is 5.92. The molecule has 1 aliphatic heterocycles. The van der Waals surface area contributed by atoms with Crippen LogP contribution in [0.15, 0.2) is 36.4 Å². The van der Waals surface area contributed by atoms with Gasteiger partial charge in [-0.05, 0) is 17.7 Å². The molecule has 0 spiro atoms. The Hall–Kier alpha value is -2.51. The number of nitrogens with one attached hydrogen (secondary N) is 2. The van der Waals surface area contributed by atoms with Gasteiger partial charge in [-0.25, -0.2) is 0 Å². The van der Waals surface area contributed by atoms with Crippen molar-refractivity contribution in [1.29, 1.82) is 0 Å². The number of nitrogens with zero attached hydrogens (tertiary/aromatic N) is 3. The number of carbonyl (C=O) groups is 1. The van der Waals surface area contributed by atoms with Crippen molar-refractivity contribution in [3.63, 3.8) is 0 Å². The summed E-state index contributed by atoms with van der Waals surface area (Å²) in [6.07, 6.45) is 0.560. The number of aliphatic hydroxyl groups is 1. The van der Waals surface area contributed by atoms with Crippen LogP contribution in [0, 0.1) is 0 Å². The summed E-state index contributed by atoms with van der Waals surface area (Å²) < 4.78 is 0. The second kappa shape index (κ2) is 8.55. The fourth-order valence-electron chi connectivity index (χ4n) is 2.77. The van der Waals surface area contributed by atoms with Gasteiger partial charge in [0.15, 0.2) is 0 Å². The molecule has 1 amide bonds. The molecule has 0 atom stereocenters. The normalized spacial score (nSPS) is 15.5. The Morgan fingerprint density at radius 2 is 1.96 bits per heavy atom.